The van der Waals surface area contributed by atoms with E-state index in [9.17, 15) is 14.4 Å². The number of hydrogen-bond donors (Lipinski definition) is 1. The van der Waals surface area contributed by atoms with E-state index in [4.69, 9.17) is 9.84 Å². The van der Waals surface area contributed by atoms with Gasteiger partial charge >= 0.3 is 17.9 Å². The molecule has 0 aromatic heterocycles. The van der Waals surface area contributed by atoms with Crippen LogP contribution in [0, 0.1) is 0 Å². The largest absolute Gasteiger partial charge is 0.481 e. The van der Waals surface area contributed by atoms with E-state index >= 15 is 0 Å². The zero-order chi connectivity index (χ0) is 13.3. The standard InChI is InChI=1S/C10H16O7/c1-3-16-9(13)5-7(4-8(11)12)17-10(14)6-15-2/h7H,3-6H2,1-2H3,(H,11,12)/t7-/m1/s1. The molecule has 0 radical (unpaired) electrons. The highest BCUT2D eigenvalue weighted by atomic mass is 16.6. The highest BCUT2D eigenvalue weighted by Crippen LogP contribution is 2.06. The second kappa shape index (κ2) is 8.51. The number of rotatable bonds is 8. The Balaban J connectivity index is 4.27. The molecule has 0 aliphatic carbocycles. The summed E-state index contributed by atoms with van der Waals surface area (Å²) < 4.78 is 13.9. The molecule has 0 rings (SSSR count). The number of esters is 2. The minimum absolute atomic E-state index is 0.185. The Bertz CT molecular complexity index is 254. The Morgan fingerprint density at radius 2 is 1.82 bits per heavy atom. The Morgan fingerprint density at radius 3 is 2.29 bits per heavy atom. The predicted octanol–water partition coefficient (Wildman–Crippen LogP) is -0.0275. The molecule has 0 spiro atoms. The smallest absolute Gasteiger partial charge is 0.332 e. The fourth-order valence-electron chi connectivity index (χ4n) is 1.09. The van der Waals surface area contributed by atoms with Gasteiger partial charge in [0.1, 0.15) is 12.7 Å². The summed E-state index contributed by atoms with van der Waals surface area (Å²) in [7, 11) is 1.30. The molecular formula is C10H16O7. The lowest BCUT2D eigenvalue weighted by molar-refractivity contribution is -0.160. The summed E-state index contributed by atoms with van der Waals surface area (Å²) in [5, 5.41) is 8.59. The minimum Gasteiger partial charge on any atom is -0.481 e. The molecule has 0 aliphatic rings. The second-order valence-corrected chi connectivity index (χ2v) is 3.15. The Hall–Kier alpha value is -1.63. The van der Waals surface area contributed by atoms with Crippen molar-refractivity contribution in [3.05, 3.63) is 0 Å². The van der Waals surface area contributed by atoms with Gasteiger partial charge in [-0.2, -0.15) is 0 Å². The summed E-state index contributed by atoms with van der Waals surface area (Å²) in [6, 6.07) is 0. The predicted molar refractivity (Wildman–Crippen MR) is 55.3 cm³/mol. The van der Waals surface area contributed by atoms with Crippen LogP contribution in [0.3, 0.4) is 0 Å². The van der Waals surface area contributed by atoms with Crippen LogP contribution in [0.25, 0.3) is 0 Å². The fourth-order valence-corrected chi connectivity index (χ4v) is 1.09. The molecule has 0 heterocycles. The maximum atomic E-state index is 11.1. The first-order valence-electron chi connectivity index (χ1n) is 5.05. The number of carboxylic acid groups (broad SMARTS) is 1. The van der Waals surface area contributed by atoms with Crippen LogP contribution >= 0.6 is 0 Å². The SMILES string of the molecule is CCOC(=O)C[C@@H](CC(=O)O)OC(=O)COC. The first-order valence-corrected chi connectivity index (χ1v) is 5.05. The molecule has 1 atom stereocenters. The van der Waals surface area contributed by atoms with Crippen LogP contribution in [0.2, 0.25) is 0 Å². The van der Waals surface area contributed by atoms with Crippen LogP contribution in [0.4, 0.5) is 0 Å². The van der Waals surface area contributed by atoms with Crippen molar-refractivity contribution < 1.29 is 33.7 Å². The molecule has 98 valence electrons. The number of ether oxygens (including phenoxy) is 3. The van der Waals surface area contributed by atoms with E-state index in [-0.39, 0.29) is 19.6 Å². The molecular weight excluding hydrogens is 232 g/mol. The lowest BCUT2D eigenvalue weighted by atomic mass is 10.2. The average Bonchev–Trinajstić information content (AvgIpc) is 2.16. The van der Waals surface area contributed by atoms with Gasteiger partial charge in [-0.15, -0.1) is 0 Å². The molecule has 0 aliphatic heterocycles. The monoisotopic (exact) mass is 248 g/mol. The van der Waals surface area contributed by atoms with Crippen LogP contribution in [0.5, 0.6) is 0 Å². The molecule has 0 fully saturated rings. The molecule has 0 saturated carbocycles. The van der Waals surface area contributed by atoms with Gasteiger partial charge in [-0.05, 0) is 6.92 Å². The van der Waals surface area contributed by atoms with E-state index in [1.807, 2.05) is 0 Å². The van der Waals surface area contributed by atoms with E-state index in [1.54, 1.807) is 6.92 Å². The summed E-state index contributed by atoms with van der Waals surface area (Å²) in [4.78, 5) is 32.7. The van der Waals surface area contributed by atoms with Crippen LogP contribution in [-0.2, 0) is 28.6 Å². The van der Waals surface area contributed by atoms with Gasteiger partial charge in [0.05, 0.1) is 19.4 Å². The fraction of sp³-hybridized carbons (Fsp3) is 0.700. The minimum atomic E-state index is -1.16. The summed E-state index contributed by atoms with van der Waals surface area (Å²) in [5.74, 6) is -2.49. The molecule has 0 aromatic carbocycles. The lowest BCUT2D eigenvalue weighted by Crippen LogP contribution is -2.27. The zero-order valence-corrected chi connectivity index (χ0v) is 9.80. The van der Waals surface area contributed by atoms with Crippen molar-refractivity contribution in [2.75, 3.05) is 20.3 Å². The van der Waals surface area contributed by atoms with Gasteiger partial charge in [0.15, 0.2) is 0 Å². The molecule has 0 bridgehead atoms. The van der Waals surface area contributed by atoms with Crippen molar-refractivity contribution in [1.82, 2.24) is 0 Å². The van der Waals surface area contributed by atoms with Crippen molar-refractivity contribution in [1.29, 1.82) is 0 Å². The van der Waals surface area contributed by atoms with E-state index in [0.717, 1.165) is 0 Å². The average molecular weight is 248 g/mol. The van der Waals surface area contributed by atoms with Crippen molar-refractivity contribution in [2.24, 2.45) is 0 Å². The van der Waals surface area contributed by atoms with Crippen molar-refractivity contribution in [2.45, 2.75) is 25.9 Å². The van der Waals surface area contributed by atoms with Crippen LogP contribution in [-0.4, -0.2) is 49.4 Å². The second-order valence-electron chi connectivity index (χ2n) is 3.15. The summed E-state index contributed by atoms with van der Waals surface area (Å²) >= 11 is 0. The van der Waals surface area contributed by atoms with Gasteiger partial charge in [-0.3, -0.25) is 9.59 Å². The van der Waals surface area contributed by atoms with E-state index in [2.05, 4.69) is 9.47 Å². The van der Waals surface area contributed by atoms with Gasteiger partial charge < -0.3 is 19.3 Å². The van der Waals surface area contributed by atoms with Gasteiger partial charge in [-0.25, -0.2) is 4.79 Å². The van der Waals surface area contributed by atoms with Crippen LogP contribution in [0.1, 0.15) is 19.8 Å². The van der Waals surface area contributed by atoms with E-state index in [1.165, 1.54) is 7.11 Å². The van der Waals surface area contributed by atoms with Gasteiger partial charge in [-0.1, -0.05) is 0 Å². The van der Waals surface area contributed by atoms with E-state index < -0.39 is 30.4 Å². The molecule has 7 heteroatoms. The molecule has 0 unspecified atom stereocenters. The van der Waals surface area contributed by atoms with Crippen LogP contribution < -0.4 is 0 Å². The summed E-state index contributed by atoms with van der Waals surface area (Å²) in [5.41, 5.74) is 0. The number of aliphatic carboxylic acids is 1. The quantitative estimate of drug-likeness (QED) is 0.602. The number of carbonyl (C=O) groups excluding carboxylic acids is 2. The maximum Gasteiger partial charge on any atom is 0.332 e. The third-order valence-corrected chi connectivity index (χ3v) is 1.66. The number of hydrogen-bond acceptors (Lipinski definition) is 6. The van der Waals surface area contributed by atoms with Gasteiger partial charge in [0.25, 0.3) is 0 Å². The molecule has 0 saturated heterocycles. The molecule has 1 N–H and O–H groups in total. The zero-order valence-electron chi connectivity index (χ0n) is 9.80. The first-order chi connectivity index (χ1) is 7.99. The third kappa shape index (κ3) is 8.21. The van der Waals surface area contributed by atoms with Crippen molar-refractivity contribution >= 4 is 17.9 Å². The van der Waals surface area contributed by atoms with Gasteiger partial charge in [0, 0.05) is 7.11 Å². The Morgan fingerprint density at radius 1 is 1.18 bits per heavy atom. The summed E-state index contributed by atoms with van der Waals surface area (Å²) in [6.07, 6.45) is -1.77. The Kier molecular flexibility index (Phi) is 7.70. The number of carboxylic acids is 1. The van der Waals surface area contributed by atoms with Crippen LogP contribution in [0.15, 0.2) is 0 Å². The highest BCUT2D eigenvalue weighted by Gasteiger charge is 2.22. The first kappa shape index (κ1) is 15.4. The van der Waals surface area contributed by atoms with Crippen molar-refractivity contribution in [3.8, 4) is 0 Å². The maximum absolute atomic E-state index is 11.1. The normalized spacial score (nSPS) is 11.6. The van der Waals surface area contributed by atoms with Crippen molar-refractivity contribution in [3.63, 3.8) is 0 Å². The highest BCUT2D eigenvalue weighted by molar-refractivity contribution is 5.75. The van der Waals surface area contributed by atoms with E-state index in [0.29, 0.717) is 0 Å². The Labute approximate surface area is 98.6 Å². The summed E-state index contributed by atoms with van der Waals surface area (Å²) in [6.45, 7) is 1.52. The molecule has 0 aromatic rings. The number of methoxy groups -OCH3 is 1. The molecule has 17 heavy (non-hydrogen) atoms. The molecule has 0 amide bonds. The number of carbonyl (C=O) groups is 3. The van der Waals surface area contributed by atoms with Gasteiger partial charge in [0.2, 0.25) is 0 Å². The molecule has 7 nitrogen and oxygen atoms in total. The topological polar surface area (TPSA) is 99.1 Å². The third-order valence-electron chi connectivity index (χ3n) is 1.66. The lowest BCUT2D eigenvalue weighted by Gasteiger charge is -2.14.